The first kappa shape index (κ1) is 9.79. The molecule has 1 N–H and O–H groups in total. The van der Waals surface area contributed by atoms with Crippen molar-refractivity contribution >= 4 is 21.7 Å². The first-order valence-corrected chi connectivity index (χ1v) is 4.67. The Kier molecular flexibility index (Phi) is 5.44. The molecule has 0 atom stereocenters. The van der Waals surface area contributed by atoms with E-state index in [1.165, 1.54) is 0 Å². The van der Waals surface area contributed by atoms with Crippen molar-refractivity contribution in [2.24, 2.45) is 0 Å². The number of hydrogen-bond acceptors (Lipinski definition) is 1. The Balaban J connectivity index is 0.000000371. The minimum Gasteiger partial charge on any atom is -0.508 e. The lowest BCUT2D eigenvalue weighted by Crippen LogP contribution is -1.68. The number of hydrogen-bond donors (Lipinski definition) is 1. The predicted octanol–water partition coefficient (Wildman–Crippen LogP) is 1.90. The highest BCUT2D eigenvalue weighted by molar-refractivity contribution is 6.05. The molecule has 0 bridgehead atoms. The van der Waals surface area contributed by atoms with Crippen LogP contribution >= 0.6 is 0 Å². The Morgan fingerprint density at radius 2 is 1.70 bits per heavy atom. The zero-order valence-electron chi connectivity index (χ0n) is 6.46. The SMILES string of the molecule is Cc1ccccc1O.[CH3][Mg+2]. The molecule has 1 aromatic carbocycles. The fourth-order valence-electron chi connectivity index (χ4n) is 0.563. The number of aromatic hydroxyl groups is 1. The second-order valence-electron chi connectivity index (χ2n) is 1.79. The minimum absolute atomic E-state index is 0.368. The maximum absolute atomic E-state index is 8.92. The molecule has 0 aliphatic carbocycles. The normalized spacial score (nSPS) is 7.90. The average molecular weight is 147 g/mol. The van der Waals surface area contributed by atoms with Gasteiger partial charge in [0.1, 0.15) is 5.75 Å². The molecule has 0 unspecified atom stereocenters. The van der Waals surface area contributed by atoms with E-state index in [0.29, 0.717) is 5.75 Å². The van der Waals surface area contributed by atoms with Gasteiger partial charge in [0.2, 0.25) is 0 Å². The van der Waals surface area contributed by atoms with E-state index >= 15 is 0 Å². The van der Waals surface area contributed by atoms with Gasteiger partial charge >= 0.3 is 21.7 Å². The molecule has 10 heavy (non-hydrogen) atoms. The van der Waals surface area contributed by atoms with Crippen LogP contribution in [-0.2, 0) is 0 Å². The summed E-state index contributed by atoms with van der Waals surface area (Å²) in [5, 5.41) is 10.9. The Labute approximate surface area is 74.5 Å². The highest BCUT2D eigenvalue weighted by Crippen LogP contribution is 2.12. The zero-order chi connectivity index (χ0) is 7.98. The number of rotatable bonds is 0. The van der Waals surface area contributed by atoms with E-state index in [0.717, 1.165) is 5.56 Å². The first-order valence-electron chi connectivity index (χ1n) is 3.26. The van der Waals surface area contributed by atoms with Crippen molar-refractivity contribution in [3.05, 3.63) is 29.8 Å². The van der Waals surface area contributed by atoms with Crippen LogP contribution in [0.2, 0.25) is 5.05 Å². The lowest BCUT2D eigenvalue weighted by atomic mass is 10.2. The van der Waals surface area contributed by atoms with Crippen LogP contribution < -0.4 is 0 Å². The number of aryl methyl sites for hydroxylation is 1. The van der Waals surface area contributed by atoms with E-state index in [-0.39, 0.29) is 0 Å². The maximum Gasteiger partial charge on any atom is 1.41 e. The molecule has 0 aromatic heterocycles. The van der Waals surface area contributed by atoms with Gasteiger partial charge in [0.25, 0.3) is 5.05 Å². The summed E-state index contributed by atoms with van der Waals surface area (Å²) in [7, 11) is 0. The van der Waals surface area contributed by atoms with Gasteiger partial charge in [-0.15, -0.1) is 0 Å². The molecule has 1 rings (SSSR count). The molecular weight excluding hydrogens is 136 g/mol. The predicted molar refractivity (Wildman–Crippen MR) is 44.5 cm³/mol. The zero-order valence-corrected chi connectivity index (χ0v) is 7.88. The number of benzene rings is 1. The van der Waals surface area contributed by atoms with Crippen LogP contribution in [0.5, 0.6) is 5.75 Å². The molecule has 2 heteroatoms. The molecule has 0 spiro atoms. The van der Waals surface area contributed by atoms with Gasteiger partial charge in [0, 0.05) is 0 Å². The Morgan fingerprint density at radius 1 is 1.20 bits per heavy atom. The van der Waals surface area contributed by atoms with Crippen LogP contribution in [0.25, 0.3) is 0 Å². The van der Waals surface area contributed by atoms with Crippen molar-refractivity contribution in [2.75, 3.05) is 0 Å². The van der Waals surface area contributed by atoms with Gasteiger partial charge in [0.15, 0.2) is 0 Å². The molecule has 0 aliphatic heterocycles. The van der Waals surface area contributed by atoms with E-state index in [9.17, 15) is 0 Å². The summed E-state index contributed by atoms with van der Waals surface area (Å²) in [5.74, 6) is 0.368. The summed E-state index contributed by atoms with van der Waals surface area (Å²) in [6.45, 7) is 1.87. The molecule has 0 saturated heterocycles. The Morgan fingerprint density at radius 3 is 2.00 bits per heavy atom. The second kappa shape index (κ2) is 5.56. The lowest BCUT2D eigenvalue weighted by molar-refractivity contribution is 0.471. The van der Waals surface area contributed by atoms with E-state index < -0.39 is 0 Å². The van der Waals surface area contributed by atoms with Crippen molar-refractivity contribution in [1.82, 2.24) is 0 Å². The molecular formula is C8H11MgO+2. The second-order valence-corrected chi connectivity index (χ2v) is 1.79. The summed E-state index contributed by atoms with van der Waals surface area (Å²) in [6.07, 6.45) is 0. The Bertz CT molecular complexity index is 165. The quantitative estimate of drug-likeness (QED) is 0.556. The lowest BCUT2D eigenvalue weighted by Gasteiger charge is -1.92. The fraction of sp³-hybridized carbons (Fsp3) is 0.250. The third kappa shape index (κ3) is 3.08. The van der Waals surface area contributed by atoms with Crippen LogP contribution in [0.4, 0.5) is 0 Å². The monoisotopic (exact) mass is 147 g/mol. The molecule has 49 valence electrons. The van der Waals surface area contributed by atoms with Crippen LogP contribution in [-0.4, -0.2) is 26.8 Å². The van der Waals surface area contributed by atoms with Crippen LogP contribution in [0.1, 0.15) is 5.56 Å². The minimum atomic E-state index is 0.368. The fourth-order valence-corrected chi connectivity index (χ4v) is 0.563. The van der Waals surface area contributed by atoms with Crippen LogP contribution in [0.15, 0.2) is 24.3 Å². The number of phenolic OH excluding ortho intramolecular Hbond substituents is 1. The van der Waals surface area contributed by atoms with Crippen molar-refractivity contribution in [1.29, 1.82) is 0 Å². The molecule has 0 amide bonds. The number of para-hydroxylation sites is 1. The average Bonchev–Trinajstić information content (AvgIpc) is 2.00. The molecule has 0 aliphatic rings. The summed E-state index contributed by atoms with van der Waals surface area (Å²) < 4.78 is 0. The van der Waals surface area contributed by atoms with E-state index in [4.69, 9.17) is 5.11 Å². The Hall–Kier alpha value is -0.214. The van der Waals surface area contributed by atoms with Gasteiger partial charge in [-0.1, -0.05) is 18.2 Å². The molecule has 1 aromatic rings. The summed E-state index contributed by atoms with van der Waals surface area (Å²) in [6, 6.07) is 7.25. The topological polar surface area (TPSA) is 20.2 Å². The largest absolute Gasteiger partial charge is 1.41 e. The van der Waals surface area contributed by atoms with Crippen molar-refractivity contribution < 1.29 is 5.11 Å². The van der Waals surface area contributed by atoms with Crippen molar-refractivity contribution in [3.63, 3.8) is 0 Å². The van der Waals surface area contributed by atoms with Crippen molar-refractivity contribution in [2.45, 2.75) is 12.0 Å². The van der Waals surface area contributed by atoms with Gasteiger partial charge in [-0.2, -0.15) is 0 Å². The highest BCUT2D eigenvalue weighted by Gasteiger charge is 1.99. The van der Waals surface area contributed by atoms with Gasteiger partial charge < -0.3 is 5.11 Å². The third-order valence-corrected chi connectivity index (χ3v) is 1.12. The maximum atomic E-state index is 8.92. The van der Waals surface area contributed by atoms with Gasteiger partial charge in [-0.3, -0.25) is 0 Å². The molecule has 7 radical (unpaired) electrons. The summed E-state index contributed by atoms with van der Waals surface area (Å²) in [5.41, 5.74) is 0.924. The molecule has 0 heterocycles. The smallest absolute Gasteiger partial charge is 0.508 e. The molecule has 0 saturated carbocycles. The van der Waals surface area contributed by atoms with E-state index in [1.54, 1.807) is 6.07 Å². The van der Waals surface area contributed by atoms with Crippen LogP contribution in [0, 0.1) is 6.92 Å². The molecule has 0 fully saturated rings. The standard InChI is InChI=1S/C7H8O.CH3.Mg/c1-6-4-2-3-5-7(6)8;;/h2-5,8H,1H3;1H3;/q;;+2. The van der Waals surface area contributed by atoms with E-state index in [2.05, 4.69) is 0 Å². The van der Waals surface area contributed by atoms with E-state index in [1.807, 2.05) is 51.9 Å². The highest BCUT2D eigenvalue weighted by atomic mass is 24.4. The van der Waals surface area contributed by atoms with Gasteiger partial charge in [-0.05, 0) is 18.6 Å². The summed E-state index contributed by atoms with van der Waals surface area (Å²) >= 11 is 1.86. The molecule has 1 nitrogen and oxygen atoms in total. The van der Waals surface area contributed by atoms with Gasteiger partial charge in [-0.25, -0.2) is 0 Å². The van der Waals surface area contributed by atoms with Crippen LogP contribution in [0.3, 0.4) is 0 Å². The first-order chi connectivity index (χ1) is 4.80. The third-order valence-electron chi connectivity index (χ3n) is 1.12. The van der Waals surface area contributed by atoms with Crippen molar-refractivity contribution in [3.8, 4) is 5.75 Å². The number of phenols is 1. The van der Waals surface area contributed by atoms with Gasteiger partial charge in [0.05, 0.1) is 0 Å². The summed E-state index contributed by atoms with van der Waals surface area (Å²) in [4.78, 5) is 0.